The van der Waals surface area contributed by atoms with Crippen LogP contribution >= 0.6 is 0 Å². The number of para-hydroxylation sites is 2. The molecular weight excluding hydrogens is 605 g/mol. The van der Waals surface area contributed by atoms with Crippen LogP contribution in [0.25, 0.3) is 98.4 Å². The largest absolute Gasteiger partial charge is 0.309 e. The highest BCUT2D eigenvalue weighted by Gasteiger charge is 2.20. The average molecular weight is 638 g/mol. The third-order valence-electron chi connectivity index (χ3n) is 10.4. The molecule has 11 aromatic rings. The van der Waals surface area contributed by atoms with Gasteiger partial charge in [-0.3, -0.25) is 0 Å². The van der Waals surface area contributed by atoms with E-state index in [1.54, 1.807) is 0 Å². The molecule has 11 rings (SSSR count). The van der Waals surface area contributed by atoms with Gasteiger partial charge in [0.05, 0.1) is 26.2 Å². The molecule has 0 spiro atoms. The topological polar surface area (TPSA) is 9.86 Å². The summed E-state index contributed by atoms with van der Waals surface area (Å²) in [4.78, 5) is 0. The zero-order valence-electron chi connectivity index (χ0n) is 30.0. The van der Waals surface area contributed by atoms with Crippen molar-refractivity contribution < 1.29 is 4.11 Å². The lowest BCUT2D eigenvalue weighted by molar-refractivity contribution is 1.17. The van der Waals surface area contributed by atoms with Gasteiger partial charge < -0.3 is 9.13 Å². The van der Waals surface area contributed by atoms with Crippen LogP contribution in [0.2, 0.25) is 0 Å². The van der Waals surface area contributed by atoms with Crippen molar-refractivity contribution in [2.75, 3.05) is 0 Å². The van der Waals surface area contributed by atoms with Gasteiger partial charge in [-0.15, -0.1) is 0 Å². The van der Waals surface area contributed by atoms with Crippen LogP contribution in [0.5, 0.6) is 0 Å². The third kappa shape index (κ3) is 3.85. The molecule has 0 unspecified atom stereocenters. The molecule has 2 heterocycles. The molecule has 0 saturated carbocycles. The number of nitrogens with zero attached hydrogens (tertiary/aromatic N) is 2. The molecule has 0 radical (unpaired) electrons. The summed E-state index contributed by atoms with van der Waals surface area (Å²) in [7, 11) is 0. The highest BCUT2D eigenvalue weighted by atomic mass is 15.0. The number of fused-ring (bicyclic) bond motifs is 11. The van der Waals surface area contributed by atoms with Gasteiger partial charge in [0.2, 0.25) is 0 Å². The summed E-state index contributed by atoms with van der Waals surface area (Å²) < 4.78 is 30.6. The van der Waals surface area contributed by atoms with Gasteiger partial charge in [-0.2, -0.15) is 0 Å². The normalized spacial score (nSPS) is 12.8. The van der Waals surface area contributed by atoms with Crippen LogP contribution in [0.1, 0.15) is 4.11 Å². The Hall–Kier alpha value is -6.64. The Morgan fingerprint density at radius 2 is 1.02 bits per heavy atom. The summed E-state index contributed by atoms with van der Waals surface area (Å²) in [6, 6.07) is 58.0. The highest BCUT2D eigenvalue weighted by molar-refractivity contribution is 6.25. The second-order valence-electron chi connectivity index (χ2n) is 13.1. The summed E-state index contributed by atoms with van der Waals surface area (Å²) in [5.74, 6) is 0. The maximum Gasteiger partial charge on any atom is 0.0629 e. The van der Waals surface area contributed by atoms with Crippen molar-refractivity contribution in [2.45, 2.75) is 0 Å². The molecule has 2 heteroatoms. The minimum Gasteiger partial charge on any atom is -0.309 e. The van der Waals surface area contributed by atoms with Crippen molar-refractivity contribution in [2.24, 2.45) is 0 Å². The Morgan fingerprint density at radius 1 is 0.360 bits per heavy atom. The standard InChI is InChI=1S/C48H30N2/c1-2-16-35(17-3-1)49-43-23-9-8-21-40(43)41-29-42-46(30-45(41)49)50(44-27-26-32-13-5-7-20-38(32)48(42)44)36-18-10-15-34(28-36)39-22-11-14-33-25-24-31-12-4-6-19-37(31)47(33)39/h1-30H/i1D,24D,25D. The van der Waals surface area contributed by atoms with Crippen LogP contribution in [-0.2, 0) is 0 Å². The quantitative estimate of drug-likeness (QED) is 0.171. The van der Waals surface area contributed by atoms with E-state index in [1.807, 2.05) is 54.6 Å². The number of aromatic nitrogens is 2. The summed E-state index contributed by atoms with van der Waals surface area (Å²) >= 11 is 0. The Kier molecular flexibility index (Phi) is 5.11. The number of benzene rings is 9. The second-order valence-corrected chi connectivity index (χ2v) is 13.1. The first kappa shape index (κ1) is 24.5. The minimum atomic E-state index is 0.253. The first-order valence-electron chi connectivity index (χ1n) is 18.5. The first-order chi connectivity index (χ1) is 26.0. The molecule has 0 aliphatic carbocycles. The van der Waals surface area contributed by atoms with Crippen LogP contribution in [0.15, 0.2) is 182 Å². The third-order valence-corrected chi connectivity index (χ3v) is 10.4. The maximum atomic E-state index is 8.93. The van der Waals surface area contributed by atoms with E-state index in [2.05, 4.69) is 118 Å². The molecule has 232 valence electrons. The van der Waals surface area contributed by atoms with Gasteiger partial charge in [0.15, 0.2) is 0 Å². The molecule has 9 aromatic carbocycles. The van der Waals surface area contributed by atoms with Gasteiger partial charge in [-0.25, -0.2) is 0 Å². The van der Waals surface area contributed by atoms with E-state index < -0.39 is 0 Å². The predicted octanol–water partition coefficient (Wildman–Crippen LogP) is 13.0. The fourth-order valence-electron chi connectivity index (χ4n) is 8.28. The van der Waals surface area contributed by atoms with Crippen LogP contribution in [0.4, 0.5) is 0 Å². The first-order valence-corrected chi connectivity index (χ1v) is 17.0. The van der Waals surface area contributed by atoms with Gasteiger partial charge in [-0.05, 0) is 92.0 Å². The maximum absolute atomic E-state index is 8.93. The molecule has 0 bridgehead atoms. The van der Waals surface area contributed by atoms with Gasteiger partial charge in [-0.1, -0.05) is 133 Å². The monoisotopic (exact) mass is 637 g/mol. The summed E-state index contributed by atoms with van der Waals surface area (Å²) in [6.45, 7) is 0. The molecule has 0 amide bonds. The van der Waals surface area contributed by atoms with E-state index in [1.165, 1.54) is 32.3 Å². The van der Waals surface area contributed by atoms with Crippen molar-refractivity contribution in [1.82, 2.24) is 9.13 Å². The van der Waals surface area contributed by atoms with E-state index in [-0.39, 0.29) is 12.1 Å². The van der Waals surface area contributed by atoms with E-state index in [0.29, 0.717) is 6.04 Å². The molecule has 2 aromatic heterocycles. The van der Waals surface area contributed by atoms with Gasteiger partial charge in [0.25, 0.3) is 0 Å². The minimum absolute atomic E-state index is 0.253. The average Bonchev–Trinajstić information content (AvgIpc) is 3.71. The van der Waals surface area contributed by atoms with Crippen molar-refractivity contribution in [3.63, 3.8) is 0 Å². The molecule has 2 nitrogen and oxygen atoms in total. The van der Waals surface area contributed by atoms with Gasteiger partial charge in [0, 0.05) is 32.9 Å². The summed E-state index contributed by atoms with van der Waals surface area (Å²) in [5.41, 5.74) is 8.64. The summed E-state index contributed by atoms with van der Waals surface area (Å²) in [6.07, 6.45) is 0. The molecule has 0 aliphatic rings. The fraction of sp³-hybridized carbons (Fsp3) is 0. The molecule has 0 fully saturated rings. The Morgan fingerprint density at radius 3 is 1.90 bits per heavy atom. The predicted molar refractivity (Wildman–Crippen MR) is 213 cm³/mol. The summed E-state index contributed by atoms with van der Waals surface area (Å²) in [5, 5.41) is 10.8. The lowest BCUT2D eigenvalue weighted by Gasteiger charge is -2.14. The van der Waals surface area contributed by atoms with Crippen LogP contribution in [0.3, 0.4) is 0 Å². The molecule has 0 aliphatic heterocycles. The van der Waals surface area contributed by atoms with Crippen molar-refractivity contribution in [1.29, 1.82) is 0 Å². The molecule has 50 heavy (non-hydrogen) atoms. The zero-order chi connectivity index (χ0) is 35.4. The van der Waals surface area contributed by atoms with E-state index in [0.717, 1.165) is 66.1 Å². The van der Waals surface area contributed by atoms with Crippen LogP contribution in [-0.4, -0.2) is 9.13 Å². The molecule has 0 N–H and O–H groups in total. The SMILES string of the molecule is [2H]c1ccc(-n2c3ccccc3c3cc4c5c6ccccc6ccc5n(-c5cccc(-c6cccc7c([2H])c([2H])c8ccccc8c67)c5)c4cc32)cc1. The van der Waals surface area contributed by atoms with E-state index in [4.69, 9.17) is 4.11 Å². The zero-order valence-corrected chi connectivity index (χ0v) is 27.0. The fourth-order valence-corrected chi connectivity index (χ4v) is 8.28. The molecule has 0 saturated heterocycles. The lowest BCUT2D eigenvalue weighted by atomic mass is 9.93. The molecular formula is C48H30N2. The Labute approximate surface area is 292 Å². The Balaban J connectivity index is 1.25. The van der Waals surface area contributed by atoms with Crippen LogP contribution in [0, 0.1) is 0 Å². The second kappa shape index (κ2) is 10.4. The van der Waals surface area contributed by atoms with Crippen molar-refractivity contribution in [3.8, 4) is 22.5 Å². The highest BCUT2D eigenvalue weighted by Crippen LogP contribution is 2.43. The van der Waals surface area contributed by atoms with Crippen molar-refractivity contribution >= 4 is 75.9 Å². The van der Waals surface area contributed by atoms with Crippen LogP contribution < -0.4 is 0 Å². The lowest BCUT2D eigenvalue weighted by Crippen LogP contribution is -1.96. The Bertz CT molecular complexity index is 3320. The van der Waals surface area contributed by atoms with E-state index >= 15 is 0 Å². The van der Waals surface area contributed by atoms with Gasteiger partial charge in [0.1, 0.15) is 0 Å². The smallest absolute Gasteiger partial charge is 0.0629 e. The van der Waals surface area contributed by atoms with E-state index in [9.17, 15) is 0 Å². The van der Waals surface area contributed by atoms with Gasteiger partial charge >= 0.3 is 0 Å². The number of hydrogen-bond acceptors (Lipinski definition) is 0. The van der Waals surface area contributed by atoms with Crippen molar-refractivity contribution in [3.05, 3.63) is 182 Å². The molecule has 0 atom stereocenters. The number of hydrogen-bond donors (Lipinski definition) is 0. The number of rotatable bonds is 3.